The molecular weight excluding hydrogens is 134 g/mol. The molecule has 0 aliphatic rings. The van der Waals surface area contributed by atoms with E-state index < -0.39 is 0 Å². The normalized spacial score (nSPS) is 7.36. The number of nitrogens with zero attached hydrogens (tertiary/aromatic N) is 1. The third-order valence-electron chi connectivity index (χ3n) is 0.682. The van der Waals surface area contributed by atoms with Crippen LogP contribution in [0, 0.1) is 0 Å². The van der Waals surface area contributed by atoms with Gasteiger partial charge in [-0.25, -0.2) is 0 Å². The maximum Gasteiger partial charge on any atom is 0.0273 e. The molecule has 0 saturated carbocycles. The SMILES string of the molecule is C=CCCC=NC.CC.CC. The van der Waals surface area contributed by atoms with Crippen LogP contribution in [0.1, 0.15) is 40.5 Å². The lowest BCUT2D eigenvalue weighted by molar-refractivity contribution is 1.12. The molecule has 0 saturated heterocycles. The summed E-state index contributed by atoms with van der Waals surface area (Å²) in [5, 5.41) is 0. The van der Waals surface area contributed by atoms with E-state index in [0.717, 1.165) is 12.8 Å². The lowest BCUT2D eigenvalue weighted by atomic mass is 10.3. The molecule has 68 valence electrons. The summed E-state index contributed by atoms with van der Waals surface area (Å²) in [6.45, 7) is 11.6. The zero-order chi connectivity index (χ0) is 9.54. The first kappa shape index (κ1) is 16.8. The van der Waals surface area contributed by atoms with Gasteiger partial charge in [0.15, 0.2) is 0 Å². The highest BCUT2D eigenvalue weighted by atomic mass is 14.6. The van der Waals surface area contributed by atoms with Crippen LogP contribution in [0.3, 0.4) is 0 Å². The lowest BCUT2D eigenvalue weighted by Gasteiger charge is -1.78. The van der Waals surface area contributed by atoms with Crippen LogP contribution in [0.4, 0.5) is 0 Å². The molecule has 0 amide bonds. The molecule has 1 heteroatoms. The molecule has 11 heavy (non-hydrogen) atoms. The largest absolute Gasteiger partial charge is 0.301 e. The molecule has 0 atom stereocenters. The van der Waals surface area contributed by atoms with Crippen LogP contribution in [0.15, 0.2) is 17.6 Å². The highest BCUT2D eigenvalue weighted by molar-refractivity contribution is 5.56. The second-order valence-corrected chi connectivity index (χ2v) is 1.31. The van der Waals surface area contributed by atoms with E-state index in [-0.39, 0.29) is 0 Å². The maximum absolute atomic E-state index is 3.80. The number of aliphatic imine (C=N–C) groups is 1. The summed E-state index contributed by atoms with van der Waals surface area (Å²) >= 11 is 0. The second kappa shape index (κ2) is 34.2. The lowest BCUT2D eigenvalue weighted by Crippen LogP contribution is -1.69. The van der Waals surface area contributed by atoms with Gasteiger partial charge in [0.25, 0.3) is 0 Å². The third-order valence-corrected chi connectivity index (χ3v) is 0.682. The van der Waals surface area contributed by atoms with Gasteiger partial charge in [-0.05, 0) is 19.1 Å². The van der Waals surface area contributed by atoms with Gasteiger partial charge < -0.3 is 4.99 Å². The summed E-state index contributed by atoms with van der Waals surface area (Å²) in [5.41, 5.74) is 0. The van der Waals surface area contributed by atoms with E-state index in [4.69, 9.17) is 0 Å². The van der Waals surface area contributed by atoms with Gasteiger partial charge in [0.05, 0.1) is 0 Å². The minimum atomic E-state index is 1.03. The fraction of sp³-hybridized carbons (Fsp3) is 0.700. The average Bonchev–Trinajstić information content (AvgIpc) is 2.13. The molecule has 0 aliphatic carbocycles. The summed E-state index contributed by atoms with van der Waals surface area (Å²) < 4.78 is 0. The minimum absolute atomic E-state index is 1.03. The molecule has 0 heterocycles. The van der Waals surface area contributed by atoms with Crippen LogP contribution < -0.4 is 0 Å². The predicted octanol–water partition coefficient (Wildman–Crippen LogP) is 3.71. The van der Waals surface area contributed by atoms with Crippen LogP contribution in [0.25, 0.3) is 0 Å². The minimum Gasteiger partial charge on any atom is -0.301 e. The highest BCUT2D eigenvalue weighted by Crippen LogP contribution is 1.82. The summed E-state index contributed by atoms with van der Waals surface area (Å²) in [4.78, 5) is 3.80. The van der Waals surface area contributed by atoms with Crippen LogP contribution in [-0.2, 0) is 0 Å². The van der Waals surface area contributed by atoms with Crippen LogP contribution in [0.2, 0.25) is 0 Å². The molecule has 0 fully saturated rings. The molecule has 0 rings (SSSR count). The Morgan fingerprint density at radius 2 is 1.55 bits per heavy atom. The van der Waals surface area contributed by atoms with Gasteiger partial charge in [0.2, 0.25) is 0 Å². The van der Waals surface area contributed by atoms with Gasteiger partial charge in [-0.2, -0.15) is 0 Å². The van der Waals surface area contributed by atoms with E-state index in [2.05, 4.69) is 11.6 Å². The molecule has 0 aromatic heterocycles. The summed E-state index contributed by atoms with van der Waals surface area (Å²) in [6, 6.07) is 0. The first-order valence-corrected chi connectivity index (χ1v) is 4.43. The van der Waals surface area contributed by atoms with E-state index in [1.807, 2.05) is 40.0 Å². The molecule has 0 N–H and O–H groups in total. The van der Waals surface area contributed by atoms with Crippen molar-refractivity contribution < 1.29 is 0 Å². The number of hydrogen-bond donors (Lipinski definition) is 0. The van der Waals surface area contributed by atoms with E-state index >= 15 is 0 Å². The Kier molecular flexibility index (Phi) is 52.2. The zero-order valence-corrected chi connectivity index (χ0v) is 8.72. The highest BCUT2D eigenvalue weighted by Gasteiger charge is 1.69. The third kappa shape index (κ3) is 44.4. The van der Waals surface area contributed by atoms with Crippen molar-refractivity contribution in [2.75, 3.05) is 7.05 Å². The second-order valence-electron chi connectivity index (χ2n) is 1.31. The number of unbranched alkanes of at least 4 members (excludes halogenated alkanes) is 1. The van der Waals surface area contributed by atoms with Crippen molar-refractivity contribution in [1.82, 2.24) is 0 Å². The quantitative estimate of drug-likeness (QED) is 0.336. The van der Waals surface area contributed by atoms with Crippen molar-refractivity contribution in [1.29, 1.82) is 0 Å². The molecule has 0 aliphatic heterocycles. The molecule has 0 bridgehead atoms. The van der Waals surface area contributed by atoms with E-state index in [9.17, 15) is 0 Å². The first-order valence-electron chi connectivity index (χ1n) is 4.43. The molecule has 0 radical (unpaired) electrons. The van der Waals surface area contributed by atoms with Crippen molar-refractivity contribution in [3.05, 3.63) is 12.7 Å². The van der Waals surface area contributed by atoms with Crippen molar-refractivity contribution in [2.24, 2.45) is 4.99 Å². The van der Waals surface area contributed by atoms with Crippen LogP contribution in [0.5, 0.6) is 0 Å². The number of allylic oxidation sites excluding steroid dienone is 1. The topological polar surface area (TPSA) is 12.4 Å². The van der Waals surface area contributed by atoms with Gasteiger partial charge in [-0.3, -0.25) is 0 Å². The average molecular weight is 157 g/mol. The Bertz CT molecular complexity index is 65.3. The Morgan fingerprint density at radius 3 is 1.82 bits per heavy atom. The molecular formula is C10H23N. The summed E-state index contributed by atoms with van der Waals surface area (Å²) in [6.07, 6.45) is 5.85. The molecule has 0 spiro atoms. The van der Waals surface area contributed by atoms with E-state index in [1.165, 1.54) is 0 Å². The van der Waals surface area contributed by atoms with Gasteiger partial charge in [-0.1, -0.05) is 33.8 Å². The van der Waals surface area contributed by atoms with Gasteiger partial charge in [0.1, 0.15) is 0 Å². The van der Waals surface area contributed by atoms with E-state index in [1.54, 1.807) is 7.05 Å². The first-order chi connectivity index (χ1) is 5.41. The van der Waals surface area contributed by atoms with Gasteiger partial charge in [-0.15, -0.1) is 6.58 Å². The molecule has 0 aromatic rings. The van der Waals surface area contributed by atoms with Crippen molar-refractivity contribution in [3.8, 4) is 0 Å². The zero-order valence-electron chi connectivity index (χ0n) is 8.72. The van der Waals surface area contributed by atoms with Crippen molar-refractivity contribution in [3.63, 3.8) is 0 Å². The molecule has 0 unspecified atom stereocenters. The standard InChI is InChI=1S/C6H11N.2C2H6/c1-3-4-5-6-7-2;2*1-2/h3,6H,1,4-5H2,2H3;2*1-2H3. The van der Waals surface area contributed by atoms with Crippen molar-refractivity contribution >= 4 is 6.21 Å². The van der Waals surface area contributed by atoms with Gasteiger partial charge >= 0.3 is 0 Å². The maximum atomic E-state index is 3.80. The summed E-state index contributed by atoms with van der Waals surface area (Å²) in [7, 11) is 1.78. The van der Waals surface area contributed by atoms with Crippen molar-refractivity contribution in [2.45, 2.75) is 40.5 Å². The fourth-order valence-electron chi connectivity index (χ4n) is 0.321. The Balaban J connectivity index is -0.000000138. The van der Waals surface area contributed by atoms with Gasteiger partial charge in [0, 0.05) is 7.05 Å². The summed E-state index contributed by atoms with van der Waals surface area (Å²) in [5.74, 6) is 0. The molecule has 0 aromatic carbocycles. The smallest absolute Gasteiger partial charge is 0.0273 e. The van der Waals surface area contributed by atoms with Crippen LogP contribution in [-0.4, -0.2) is 13.3 Å². The number of rotatable bonds is 3. The fourth-order valence-corrected chi connectivity index (χ4v) is 0.321. The molecule has 1 nitrogen and oxygen atoms in total. The Hall–Kier alpha value is -0.590. The van der Waals surface area contributed by atoms with E-state index in [0.29, 0.717) is 0 Å². The number of hydrogen-bond acceptors (Lipinski definition) is 1. The van der Waals surface area contributed by atoms with Crippen LogP contribution >= 0.6 is 0 Å². The predicted molar refractivity (Wildman–Crippen MR) is 56.5 cm³/mol. The monoisotopic (exact) mass is 157 g/mol. The Labute approximate surface area is 72.2 Å². The Morgan fingerprint density at radius 1 is 1.09 bits per heavy atom.